The van der Waals surface area contributed by atoms with E-state index in [1.807, 2.05) is 6.07 Å². The summed E-state index contributed by atoms with van der Waals surface area (Å²) in [6.45, 7) is 0.673. The molecule has 1 heterocycles. The molecular formula is C15H10Cl3NO2. The molecule has 1 aliphatic rings. The molecule has 3 nitrogen and oxygen atoms in total. The quantitative estimate of drug-likeness (QED) is 0.894. The van der Waals surface area contributed by atoms with E-state index in [1.54, 1.807) is 24.3 Å². The average molecular weight is 343 g/mol. The van der Waals surface area contributed by atoms with E-state index >= 15 is 0 Å². The number of benzene rings is 2. The van der Waals surface area contributed by atoms with E-state index in [0.29, 0.717) is 38.5 Å². The van der Waals surface area contributed by atoms with Gasteiger partial charge < -0.3 is 10.1 Å². The first kappa shape index (κ1) is 14.5. The van der Waals surface area contributed by atoms with Crippen LogP contribution in [0.3, 0.4) is 0 Å². The Morgan fingerprint density at radius 1 is 1.14 bits per heavy atom. The molecule has 2 aromatic rings. The molecule has 0 saturated heterocycles. The number of fused-ring (bicyclic) bond motifs is 1. The molecule has 21 heavy (non-hydrogen) atoms. The zero-order valence-electron chi connectivity index (χ0n) is 10.8. The summed E-state index contributed by atoms with van der Waals surface area (Å²) in [6, 6.07) is 8.61. The first-order chi connectivity index (χ1) is 10.1. The number of hydrogen-bond acceptors (Lipinski definition) is 2. The molecule has 0 atom stereocenters. The van der Waals surface area contributed by atoms with Gasteiger partial charge in [0.15, 0.2) is 0 Å². The van der Waals surface area contributed by atoms with Gasteiger partial charge in [0, 0.05) is 28.3 Å². The number of halogens is 3. The highest BCUT2D eigenvalue weighted by Crippen LogP contribution is 2.32. The minimum atomic E-state index is -0.0852. The lowest BCUT2D eigenvalue weighted by atomic mass is 10.1. The smallest absolute Gasteiger partial charge is 0.252 e. The molecule has 1 aliphatic heterocycles. The second-order valence-electron chi connectivity index (χ2n) is 4.60. The second kappa shape index (κ2) is 5.76. The summed E-state index contributed by atoms with van der Waals surface area (Å²) < 4.78 is 5.78. The third-order valence-corrected chi connectivity index (χ3v) is 4.17. The van der Waals surface area contributed by atoms with Crippen molar-refractivity contribution in [3.63, 3.8) is 0 Å². The van der Waals surface area contributed by atoms with Crippen LogP contribution in [0.2, 0.25) is 15.1 Å². The maximum absolute atomic E-state index is 11.6. The predicted molar refractivity (Wildman–Crippen MR) is 83.4 cm³/mol. The third-order valence-electron chi connectivity index (χ3n) is 3.28. The molecule has 0 saturated carbocycles. The van der Waals surface area contributed by atoms with Crippen LogP contribution in [0.5, 0.6) is 5.75 Å². The largest absolute Gasteiger partial charge is 0.488 e. The van der Waals surface area contributed by atoms with Gasteiger partial charge in [0.05, 0.1) is 10.0 Å². The summed E-state index contributed by atoms with van der Waals surface area (Å²) in [4.78, 5) is 11.6. The Morgan fingerprint density at radius 3 is 2.57 bits per heavy atom. The van der Waals surface area contributed by atoms with E-state index in [4.69, 9.17) is 39.5 Å². The van der Waals surface area contributed by atoms with Crippen molar-refractivity contribution >= 4 is 40.7 Å². The van der Waals surface area contributed by atoms with E-state index in [2.05, 4.69) is 5.32 Å². The highest BCUT2D eigenvalue weighted by atomic mass is 35.5. The van der Waals surface area contributed by atoms with Crippen molar-refractivity contribution in [3.8, 4) is 5.75 Å². The van der Waals surface area contributed by atoms with Gasteiger partial charge in [-0.15, -0.1) is 0 Å². The Bertz CT molecular complexity index is 708. The van der Waals surface area contributed by atoms with Gasteiger partial charge in [-0.1, -0.05) is 40.9 Å². The van der Waals surface area contributed by atoms with Gasteiger partial charge >= 0.3 is 0 Å². The van der Waals surface area contributed by atoms with Crippen molar-refractivity contribution in [1.29, 1.82) is 0 Å². The normalized spacial score (nSPS) is 13.0. The first-order valence-electron chi connectivity index (χ1n) is 6.22. The minimum Gasteiger partial charge on any atom is -0.488 e. The van der Waals surface area contributed by atoms with Crippen LogP contribution in [0.1, 0.15) is 21.5 Å². The Morgan fingerprint density at radius 2 is 1.86 bits per heavy atom. The monoisotopic (exact) mass is 341 g/mol. The van der Waals surface area contributed by atoms with Crippen molar-refractivity contribution in [2.24, 2.45) is 0 Å². The van der Waals surface area contributed by atoms with Crippen LogP contribution < -0.4 is 10.1 Å². The molecule has 108 valence electrons. The zero-order valence-corrected chi connectivity index (χ0v) is 13.0. The van der Waals surface area contributed by atoms with Crippen molar-refractivity contribution in [2.45, 2.75) is 13.2 Å². The van der Waals surface area contributed by atoms with E-state index in [1.165, 1.54) is 0 Å². The van der Waals surface area contributed by atoms with Gasteiger partial charge in [0.1, 0.15) is 12.4 Å². The fourth-order valence-electron chi connectivity index (χ4n) is 2.22. The lowest BCUT2D eigenvalue weighted by Gasteiger charge is -2.12. The summed E-state index contributed by atoms with van der Waals surface area (Å²) in [7, 11) is 0. The van der Waals surface area contributed by atoms with Crippen molar-refractivity contribution < 1.29 is 9.53 Å². The maximum Gasteiger partial charge on any atom is 0.252 e. The summed E-state index contributed by atoms with van der Waals surface area (Å²) in [5, 5.41) is 4.15. The van der Waals surface area contributed by atoms with E-state index in [9.17, 15) is 4.79 Å². The lowest BCUT2D eigenvalue weighted by molar-refractivity contribution is 0.0966. The molecule has 0 unspecified atom stereocenters. The molecule has 6 heteroatoms. The highest BCUT2D eigenvalue weighted by molar-refractivity contribution is 6.39. The van der Waals surface area contributed by atoms with Gasteiger partial charge in [-0.05, 0) is 24.3 Å². The number of carbonyl (C=O) groups excluding carboxylic acids is 1. The molecule has 3 rings (SSSR count). The Kier molecular flexibility index (Phi) is 3.98. The van der Waals surface area contributed by atoms with Crippen molar-refractivity contribution in [3.05, 3.63) is 62.1 Å². The number of hydrogen-bond donors (Lipinski definition) is 1. The number of carbonyl (C=O) groups is 1. The number of ether oxygens (including phenoxy) is 1. The molecule has 0 spiro atoms. The van der Waals surface area contributed by atoms with Crippen molar-refractivity contribution in [2.75, 3.05) is 0 Å². The van der Waals surface area contributed by atoms with Crippen LogP contribution in [0.4, 0.5) is 0 Å². The van der Waals surface area contributed by atoms with Crippen LogP contribution in [0.25, 0.3) is 0 Å². The Balaban J connectivity index is 1.85. The number of nitrogens with one attached hydrogen (secondary N) is 1. The molecule has 0 aromatic heterocycles. The van der Waals surface area contributed by atoms with Crippen LogP contribution in [0.15, 0.2) is 30.3 Å². The lowest BCUT2D eigenvalue weighted by Crippen LogP contribution is -2.12. The van der Waals surface area contributed by atoms with E-state index in [-0.39, 0.29) is 12.5 Å². The fourth-order valence-corrected chi connectivity index (χ4v) is 3.15. The molecule has 2 aromatic carbocycles. The van der Waals surface area contributed by atoms with Gasteiger partial charge in [0.2, 0.25) is 0 Å². The zero-order chi connectivity index (χ0) is 15.0. The standard InChI is InChI=1S/C15H10Cl3NO2/c16-8-4-12(17)11(13(18)5-8)7-21-14-3-1-2-9-10(14)6-19-15(9)20/h1-5H,6-7H2,(H,19,20). The fraction of sp³-hybridized carbons (Fsp3) is 0.133. The second-order valence-corrected chi connectivity index (χ2v) is 5.85. The van der Waals surface area contributed by atoms with Gasteiger partial charge in [-0.3, -0.25) is 4.79 Å². The van der Waals surface area contributed by atoms with E-state index in [0.717, 1.165) is 5.56 Å². The van der Waals surface area contributed by atoms with Gasteiger partial charge in [0.25, 0.3) is 5.91 Å². The summed E-state index contributed by atoms with van der Waals surface area (Å²) in [5.74, 6) is 0.561. The summed E-state index contributed by atoms with van der Waals surface area (Å²) >= 11 is 18.1. The molecular weight excluding hydrogens is 333 g/mol. The van der Waals surface area contributed by atoms with Crippen LogP contribution in [-0.4, -0.2) is 5.91 Å². The molecule has 0 radical (unpaired) electrons. The minimum absolute atomic E-state index is 0.0852. The van der Waals surface area contributed by atoms with E-state index < -0.39 is 0 Å². The van der Waals surface area contributed by atoms with Crippen LogP contribution in [-0.2, 0) is 13.2 Å². The van der Waals surface area contributed by atoms with Crippen molar-refractivity contribution in [1.82, 2.24) is 5.32 Å². The summed E-state index contributed by atoms with van der Waals surface area (Å²) in [6.07, 6.45) is 0. The molecule has 0 fully saturated rings. The SMILES string of the molecule is O=C1NCc2c(OCc3c(Cl)cc(Cl)cc3Cl)cccc21. The number of rotatable bonds is 3. The first-order valence-corrected chi connectivity index (χ1v) is 7.36. The number of amides is 1. The van der Waals surface area contributed by atoms with Gasteiger partial charge in [-0.2, -0.15) is 0 Å². The third kappa shape index (κ3) is 2.82. The molecule has 1 N–H and O–H groups in total. The predicted octanol–water partition coefficient (Wildman–Crippen LogP) is 4.47. The summed E-state index contributed by atoms with van der Waals surface area (Å²) in [5.41, 5.74) is 2.15. The van der Waals surface area contributed by atoms with Gasteiger partial charge in [-0.25, -0.2) is 0 Å². The van der Waals surface area contributed by atoms with Crippen LogP contribution >= 0.6 is 34.8 Å². The maximum atomic E-state index is 11.6. The molecule has 0 bridgehead atoms. The molecule has 1 amide bonds. The molecule has 0 aliphatic carbocycles. The highest BCUT2D eigenvalue weighted by Gasteiger charge is 2.22. The topological polar surface area (TPSA) is 38.3 Å². The Labute approximate surface area is 136 Å². The average Bonchev–Trinajstić information content (AvgIpc) is 2.80. The Hall–Kier alpha value is -1.42. The van der Waals surface area contributed by atoms with Crippen LogP contribution in [0, 0.1) is 0 Å².